The van der Waals surface area contributed by atoms with E-state index in [4.69, 9.17) is 14.5 Å². The van der Waals surface area contributed by atoms with Crippen LogP contribution in [0.25, 0.3) is 0 Å². The summed E-state index contributed by atoms with van der Waals surface area (Å²) in [5.41, 5.74) is 1.74. The Labute approximate surface area is 175 Å². The summed E-state index contributed by atoms with van der Waals surface area (Å²) >= 11 is 0. The summed E-state index contributed by atoms with van der Waals surface area (Å²) in [6.45, 7) is 9.45. The number of piperazine rings is 1. The number of hydrogen-bond acceptors (Lipinski definition) is 9. The van der Waals surface area contributed by atoms with Crippen LogP contribution in [0.15, 0.2) is 18.3 Å². The molecular weight excluding hydrogens is 386 g/mol. The van der Waals surface area contributed by atoms with E-state index in [0.717, 1.165) is 36.2 Å². The fraction of sp³-hybridized carbons (Fsp3) is 0.550. The van der Waals surface area contributed by atoms with Crippen LogP contribution in [0, 0.1) is 13.8 Å². The topological polar surface area (TPSA) is 96.8 Å². The van der Waals surface area contributed by atoms with Gasteiger partial charge in [0.25, 0.3) is 5.91 Å². The second-order valence-electron chi connectivity index (χ2n) is 7.40. The molecule has 160 valence electrons. The maximum absolute atomic E-state index is 12.5. The molecule has 4 rings (SSSR count). The molecule has 1 amide bonds. The molecule has 2 aromatic heterocycles. The molecule has 0 saturated carbocycles. The lowest BCUT2D eigenvalue weighted by atomic mass is 10.3. The first-order valence-corrected chi connectivity index (χ1v) is 10.2. The average molecular weight is 413 g/mol. The molecule has 0 spiro atoms. The highest BCUT2D eigenvalue weighted by Crippen LogP contribution is 2.20. The Morgan fingerprint density at radius 2 is 1.77 bits per heavy atom. The van der Waals surface area contributed by atoms with Crippen molar-refractivity contribution in [3.8, 4) is 6.01 Å². The van der Waals surface area contributed by atoms with Crippen LogP contribution < -0.4 is 14.5 Å². The summed E-state index contributed by atoms with van der Waals surface area (Å²) in [5.74, 6) is 1.59. The predicted molar refractivity (Wildman–Crippen MR) is 111 cm³/mol. The number of ether oxygens (including phenoxy) is 2. The van der Waals surface area contributed by atoms with Crippen molar-refractivity contribution >= 4 is 17.7 Å². The number of morpholine rings is 1. The normalized spacial score (nSPS) is 17.2. The first-order valence-electron chi connectivity index (χ1n) is 10.2. The molecular formula is C20H27N7O3. The molecule has 2 aliphatic heterocycles. The van der Waals surface area contributed by atoms with Gasteiger partial charge in [-0.15, -0.1) is 0 Å². The van der Waals surface area contributed by atoms with E-state index in [1.54, 1.807) is 12.3 Å². The van der Waals surface area contributed by atoms with Crippen LogP contribution in [0.3, 0.4) is 0 Å². The highest BCUT2D eigenvalue weighted by molar-refractivity contribution is 5.78. The SMILES string of the molecule is Cc1ccnc(OCC(=O)N2CCN(c3cc(C)nc(N4CCOCC4)n3)CC2)n1. The van der Waals surface area contributed by atoms with Crippen molar-refractivity contribution in [3.63, 3.8) is 0 Å². The molecule has 0 aromatic carbocycles. The summed E-state index contributed by atoms with van der Waals surface area (Å²) in [6, 6.07) is 4.02. The van der Waals surface area contributed by atoms with E-state index in [9.17, 15) is 4.79 Å². The number of carbonyl (C=O) groups excluding carboxylic acids is 1. The van der Waals surface area contributed by atoms with Crippen LogP contribution in [0.2, 0.25) is 0 Å². The van der Waals surface area contributed by atoms with E-state index in [1.165, 1.54) is 0 Å². The van der Waals surface area contributed by atoms with Gasteiger partial charge in [-0.05, 0) is 19.9 Å². The fourth-order valence-corrected chi connectivity index (χ4v) is 3.50. The highest BCUT2D eigenvalue weighted by Gasteiger charge is 2.24. The first kappa shape index (κ1) is 20.3. The van der Waals surface area contributed by atoms with E-state index < -0.39 is 0 Å². The van der Waals surface area contributed by atoms with E-state index in [2.05, 4.69) is 24.8 Å². The minimum atomic E-state index is -0.0624. The minimum Gasteiger partial charge on any atom is -0.453 e. The summed E-state index contributed by atoms with van der Waals surface area (Å²) in [5, 5.41) is 0. The Kier molecular flexibility index (Phi) is 6.22. The third-order valence-electron chi connectivity index (χ3n) is 5.18. The summed E-state index contributed by atoms with van der Waals surface area (Å²) in [7, 11) is 0. The standard InChI is InChI=1S/C20H27N7O3/c1-15-3-4-21-20(23-15)30-14-18(28)26-7-5-25(6-8-26)17-13-16(2)22-19(24-17)27-9-11-29-12-10-27/h3-4,13H,5-12,14H2,1-2H3. The maximum Gasteiger partial charge on any atom is 0.317 e. The smallest absolute Gasteiger partial charge is 0.317 e. The van der Waals surface area contributed by atoms with Crippen molar-refractivity contribution in [3.05, 3.63) is 29.7 Å². The molecule has 0 radical (unpaired) electrons. The molecule has 2 aliphatic rings. The van der Waals surface area contributed by atoms with Gasteiger partial charge in [0.1, 0.15) is 5.82 Å². The van der Waals surface area contributed by atoms with Crippen molar-refractivity contribution in [2.24, 2.45) is 0 Å². The molecule has 30 heavy (non-hydrogen) atoms. The van der Waals surface area contributed by atoms with Gasteiger partial charge in [0.15, 0.2) is 6.61 Å². The Morgan fingerprint density at radius 1 is 1.00 bits per heavy atom. The number of rotatable bonds is 5. The summed E-state index contributed by atoms with van der Waals surface area (Å²) < 4.78 is 10.9. The Hall–Kier alpha value is -3.01. The molecule has 4 heterocycles. The predicted octanol–water partition coefficient (Wildman–Crippen LogP) is 0.448. The lowest BCUT2D eigenvalue weighted by molar-refractivity contribution is -0.133. The van der Waals surface area contributed by atoms with Gasteiger partial charge in [-0.1, -0.05) is 0 Å². The van der Waals surface area contributed by atoms with E-state index in [-0.39, 0.29) is 18.5 Å². The Balaban J connectivity index is 1.32. The highest BCUT2D eigenvalue weighted by atomic mass is 16.5. The van der Waals surface area contributed by atoms with E-state index >= 15 is 0 Å². The zero-order valence-electron chi connectivity index (χ0n) is 17.5. The molecule has 10 nitrogen and oxygen atoms in total. The summed E-state index contributed by atoms with van der Waals surface area (Å²) in [4.78, 5) is 36.2. The minimum absolute atomic E-state index is 0.0583. The van der Waals surface area contributed by atoms with Gasteiger partial charge in [-0.25, -0.2) is 15.0 Å². The van der Waals surface area contributed by atoms with Crippen LogP contribution in [0.5, 0.6) is 6.01 Å². The fourth-order valence-electron chi connectivity index (χ4n) is 3.50. The van der Waals surface area contributed by atoms with Gasteiger partial charge in [0.05, 0.1) is 13.2 Å². The van der Waals surface area contributed by atoms with Gasteiger partial charge in [-0.3, -0.25) is 4.79 Å². The van der Waals surface area contributed by atoms with Gasteiger partial charge in [0.2, 0.25) is 5.95 Å². The molecule has 10 heteroatoms. The lowest BCUT2D eigenvalue weighted by Gasteiger charge is -2.36. The maximum atomic E-state index is 12.5. The second kappa shape index (κ2) is 9.21. The molecule has 0 aliphatic carbocycles. The van der Waals surface area contributed by atoms with Crippen LogP contribution in [0.4, 0.5) is 11.8 Å². The summed E-state index contributed by atoms with van der Waals surface area (Å²) in [6.07, 6.45) is 1.62. The number of aromatic nitrogens is 4. The monoisotopic (exact) mass is 413 g/mol. The van der Waals surface area contributed by atoms with Gasteiger partial charge < -0.3 is 24.2 Å². The van der Waals surface area contributed by atoms with Crippen LogP contribution in [0.1, 0.15) is 11.4 Å². The largest absolute Gasteiger partial charge is 0.453 e. The number of aryl methyl sites for hydroxylation is 2. The second-order valence-corrected chi connectivity index (χ2v) is 7.40. The van der Waals surface area contributed by atoms with E-state index in [1.807, 2.05) is 24.8 Å². The van der Waals surface area contributed by atoms with Crippen molar-refractivity contribution in [1.82, 2.24) is 24.8 Å². The number of hydrogen-bond donors (Lipinski definition) is 0. The molecule has 2 saturated heterocycles. The van der Waals surface area contributed by atoms with Crippen molar-refractivity contribution in [2.75, 3.05) is 68.9 Å². The zero-order valence-corrected chi connectivity index (χ0v) is 17.5. The van der Waals surface area contributed by atoms with Crippen LogP contribution in [-0.2, 0) is 9.53 Å². The molecule has 2 fully saturated rings. The average Bonchev–Trinajstić information content (AvgIpc) is 2.78. The van der Waals surface area contributed by atoms with E-state index in [0.29, 0.717) is 39.4 Å². The van der Waals surface area contributed by atoms with Crippen molar-refractivity contribution < 1.29 is 14.3 Å². The number of anilines is 2. The third-order valence-corrected chi connectivity index (χ3v) is 5.18. The quantitative estimate of drug-likeness (QED) is 0.692. The number of amides is 1. The zero-order chi connectivity index (χ0) is 20.9. The molecule has 0 bridgehead atoms. The Bertz CT molecular complexity index is 880. The molecule has 0 unspecified atom stereocenters. The lowest BCUT2D eigenvalue weighted by Crippen LogP contribution is -2.50. The molecule has 2 aromatic rings. The van der Waals surface area contributed by atoms with Gasteiger partial charge in [0, 0.05) is 62.9 Å². The van der Waals surface area contributed by atoms with Crippen LogP contribution >= 0.6 is 0 Å². The first-order chi connectivity index (χ1) is 14.6. The van der Waals surface area contributed by atoms with Crippen LogP contribution in [-0.4, -0.2) is 89.8 Å². The third kappa shape index (κ3) is 4.93. The van der Waals surface area contributed by atoms with Gasteiger partial charge >= 0.3 is 6.01 Å². The van der Waals surface area contributed by atoms with Crippen molar-refractivity contribution in [2.45, 2.75) is 13.8 Å². The molecule has 0 atom stereocenters. The van der Waals surface area contributed by atoms with Gasteiger partial charge in [-0.2, -0.15) is 4.98 Å². The molecule has 0 N–H and O–H groups in total. The Morgan fingerprint density at radius 3 is 2.50 bits per heavy atom. The van der Waals surface area contributed by atoms with Crippen molar-refractivity contribution in [1.29, 1.82) is 0 Å². The number of nitrogens with zero attached hydrogens (tertiary/aromatic N) is 7. The number of carbonyl (C=O) groups is 1.